The number of cyclic esters (lactones) is 1. The fourth-order valence-corrected chi connectivity index (χ4v) is 4.50. The predicted octanol–water partition coefficient (Wildman–Crippen LogP) is 2.46. The van der Waals surface area contributed by atoms with Crippen molar-refractivity contribution in [1.29, 1.82) is 0 Å². The number of benzene rings is 2. The van der Waals surface area contributed by atoms with Gasteiger partial charge in [-0.25, -0.2) is 14.2 Å². The van der Waals surface area contributed by atoms with Gasteiger partial charge in [-0.2, -0.15) is 12.7 Å². The van der Waals surface area contributed by atoms with Crippen LogP contribution in [-0.4, -0.2) is 62.1 Å². The monoisotopic (exact) mass is 445 g/mol. The van der Waals surface area contributed by atoms with E-state index in [-0.39, 0.29) is 24.6 Å². The molecule has 5 rings (SSSR count). The molecule has 0 spiro atoms. The first-order valence-electron chi connectivity index (χ1n) is 9.35. The summed E-state index contributed by atoms with van der Waals surface area (Å²) in [5.41, 5.74) is 1.22. The molecule has 1 saturated heterocycles. The highest BCUT2D eigenvalue weighted by Gasteiger charge is 2.34. The summed E-state index contributed by atoms with van der Waals surface area (Å²) < 4.78 is 52.0. The lowest BCUT2D eigenvalue weighted by Gasteiger charge is -2.21. The summed E-state index contributed by atoms with van der Waals surface area (Å²) in [5.74, 6) is 0.640. The number of halogens is 1. The van der Waals surface area contributed by atoms with Gasteiger partial charge in [0.15, 0.2) is 0 Å². The van der Waals surface area contributed by atoms with Gasteiger partial charge in [0.05, 0.1) is 30.8 Å². The Hall–Kier alpha value is -3.67. The van der Waals surface area contributed by atoms with E-state index in [9.17, 15) is 17.6 Å². The van der Waals surface area contributed by atoms with E-state index in [0.29, 0.717) is 16.6 Å². The minimum absolute atomic E-state index is 0.0591. The Labute approximate surface area is 176 Å². The Morgan fingerprint density at radius 3 is 2.74 bits per heavy atom. The maximum atomic E-state index is 14.2. The molecule has 2 aromatic carbocycles. The zero-order chi connectivity index (χ0) is 21.6. The van der Waals surface area contributed by atoms with E-state index < -0.39 is 22.1 Å². The number of rotatable bonds is 5. The Bertz CT molecular complexity index is 1250. The first-order chi connectivity index (χ1) is 14.9. The van der Waals surface area contributed by atoms with Crippen LogP contribution in [0, 0.1) is 5.82 Å². The summed E-state index contributed by atoms with van der Waals surface area (Å²) in [5, 5.41) is 0. The van der Waals surface area contributed by atoms with E-state index in [1.54, 1.807) is 24.5 Å². The molecule has 3 heterocycles. The van der Waals surface area contributed by atoms with Crippen molar-refractivity contribution in [1.82, 2.24) is 9.21 Å². The maximum absolute atomic E-state index is 14.2. The zero-order valence-electron chi connectivity index (χ0n) is 16.0. The third-order valence-electron chi connectivity index (χ3n) is 4.85. The number of anilines is 1. The van der Waals surface area contributed by atoms with Crippen molar-refractivity contribution >= 4 is 39.9 Å². The van der Waals surface area contributed by atoms with Gasteiger partial charge in [-0.05, 0) is 30.3 Å². The largest absolute Gasteiger partial charge is 0.457 e. The molecule has 0 aromatic heterocycles. The van der Waals surface area contributed by atoms with Crippen LogP contribution in [0.15, 0.2) is 46.4 Å². The van der Waals surface area contributed by atoms with Crippen LogP contribution in [0.25, 0.3) is 0 Å². The number of amidine groups is 1. The number of carbonyl (C=O) groups is 1. The molecule has 0 bridgehead atoms. The van der Waals surface area contributed by atoms with E-state index in [0.717, 1.165) is 29.7 Å². The zero-order valence-corrected chi connectivity index (χ0v) is 16.8. The molecule has 0 saturated carbocycles. The lowest BCUT2D eigenvalue weighted by molar-refractivity contribution is 0.170. The average molecular weight is 445 g/mol. The van der Waals surface area contributed by atoms with E-state index in [1.807, 2.05) is 4.90 Å². The van der Waals surface area contributed by atoms with Crippen molar-refractivity contribution in [2.75, 3.05) is 31.0 Å². The van der Waals surface area contributed by atoms with E-state index in [2.05, 4.69) is 19.4 Å². The number of hydrogen-bond acceptors (Lipinski definition) is 8. The van der Waals surface area contributed by atoms with Crippen molar-refractivity contribution < 1.29 is 27.1 Å². The summed E-state index contributed by atoms with van der Waals surface area (Å²) in [4.78, 5) is 22.4. The smallest absolute Gasteiger partial charge is 0.425 e. The molecule has 3 aliphatic heterocycles. The molecular formula is C19H16FN5O5S. The number of hydrogen-bond donors (Lipinski definition) is 1. The van der Waals surface area contributed by atoms with Crippen molar-refractivity contribution in [2.45, 2.75) is 0 Å². The average Bonchev–Trinajstić information content (AvgIpc) is 3.39. The third kappa shape index (κ3) is 3.54. The van der Waals surface area contributed by atoms with Crippen molar-refractivity contribution in [3.63, 3.8) is 0 Å². The molecule has 1 fully saturated rings. The number of aliphatic imine (C=N–C) groups is 2. The minimum Gasteiger partial charge on any atom is -0.457 e. The number of amides is 1. The quantitative estimate of drug-likeness (QED) is 0.757. The number of nitrogens with one attached hydrogen (secondary N) is 1. The second-order valence-electron chi connectivity index (χ2n) is 6.86. The highest BCUT2D eigenvalue weighted by molar-refractivity contribution is 7.90. The Kier molecular flexibility index (Phi) is 4.50. The topological polar surface area (TPSA) is 113 Å². The van der Waals surface area contributed by atoms with Crippen LogP contribution in [0.4, 0.5) is 20.6 Å². The minimum atomic E-state index is -4.32. The van der Waals surface area contributed by atoms with Crippen LogP contribution >= 0.6 is 0 Å². The molecule has 1 N–H and O–H groups in total. The van der Waals surface area contributed by atoms with E-state index in [4.69, 9.17) is 4.74 Å². The van der Waals surface area contributed by atoms with Gasteiger partial charge in [-0.1, -0.05) is 0 Å². The van der Waals surface area contributed by atoms with Gasteiger partial charge in [0, 0.05) is 18.2 Å². The molecular weight excluding hydrogens is 429 g/mol. The molecule has 2 aromatic rings. The summed E-state index contributed by atoms with van der Waals surface area (Å²) in [6.07, 6.45) is 0.726. The Balaban J connectivity index is 1.40. The molecule has 0 unspecified atom stereocenters. The molecule has 0 aliphatic carbocycles. The highest BCUT2D eigenvalue weighted by Crippen LogP contribution is 2.33. The third-order valence-corrected chi connectivity index (χ3v) is 6.24. The lowest BCUT2D eigenvalue weighted by atomic mass is 10.1. The van der Waals surface area contributed by atoms with Crippen LogP contribution in [-0.2, 0) is 14.9 Å². The number of carbonyl (C=O) groups excluding carboxylic acids is 1. The molecule has 3 aliphatic rings. The predicted molar refractivity (Wildman–Crippen MR) is 110 cm³/mol. The number of nitrogens with zero attached hydrogens (tertiary/aromatic N) is 4. The Morgan fingerprint density at radius 2 is 1.94 bits per heavy atom. The fraction of sp³-hybridized carbons (Fsp3) is 0.211. The van der Waals surface area contributed by atoms with Crippen molar-refractivity contribution in [2.24, 2.45) is 9.98 Å². The molecule has 1 amide bonds. The second kappa shape index (κ2) is 7.23. The SMILES string of the molecule is O=C1OCCN1S(=O)(=O)Nc1cc(Oc2ccc3c(c2)C2=NCCN2C=N3)ccc1F. The van der Waals surface area contributed by atoms with Crippen LogP contribution in [0.5, 0.6) is 11.5 Å². The van der Waals surface area contributed by atoms with Gasteiger partial charge in [0.2, 0.25) is 0 Å². The van der Waals surface area contributed by atoms with Gasteiger partial charge in [-0.15, -0.1) is 0 Å². The van der Waals surface area contributed by atoms with Gasteiger partial charge in [0.25, 0.3) is 0 Å². The van der Waals surface area contributed by atoms with Crippen LogP contribution in [0.3, 0.4) is 0 Å². The molecule has 0 atom stereocenters. The summed E-state index contributed by atoms with van der Waals surface area (Å²) in [6, 6.07) is 8.90. The van der Waals surface area contributed by atoms with Gasteiger partial charge >= 0.3 is 16.3 Å². The van der Waals surface area contributed by atoms with Gasteiger partial charge in [-0.3, -0.25) is 9.71 Å². The van der Waals surface area contributed by atoms with E-state index >= 15 is 0 Å². The summed E-state index contributed by atoms with van der Waals surface area (Å²) >= 11 is 0. The van der Waals surface area contributed by atoms with Gasteiger partial charge in [0.1, 0.15) is 29.8 Å². The first-order valence-corrected chi connectivity index (χ1v) is 10.8. The normalized spacial score (nSPS) is 17.2. The van der Waals surface area contributed by atoms with Crippen LogP contribution in [0.2, 0.25) is 0 Å². The number of ether oxygens (including phenoxy) is 2. The summed E-state index contributed by atoms with van der Waals surface area (Å²) in [6.45, 7) is 1.23. The van der Waals surface area contributed by atoms with Crippen LogP contribution < -0.4 is 9.46 Å². The van der Waals surface area contributed by atoms with Crippen molar-refractivity contribution in [3.8, 4) is 11.5 Å². The summed E-state index contributed by atoms with van der Waals surface area (Å²) in [7, 11) is -4.32. The molecule has 0 radical (unpaired) electrons. The van der Waals surface area contributed by atoms with Crippen LogP contribution in [0.1, 0.15) is 5.56 Å². The van der Waals surface area contributed by atoms with Crippen molar-refractivity contribution in [3.05, 3.63) is 47.8 Å². The molecule has 10 nitrogen and oxygen atoms in total. The molecule has 31 heavy (non-hydrogen) atoms. The van der Waals surface area contributed by atoms with Gasteiger partial charge < -0.3 is 14.4 Å². The number of fused-ring (bicyclic) bond motifs is 3. The maximum Gasteiger partial charge on any atom is 0.425 e. The molecule has 160 valence electrons. The standard InChI is InChI=1S/C19H16FN5O5S/c20-15-3-1-13(10-17(15)23-31(27,28)25-7-8-29-19(25)26)30-12-2-4-16-14(9-12)18-21-5-6-24(18)11-22-16/h1-4,9-11,23H,5-8H2. The van der Waals surface area contributed by atoms with E-state index in [1.165, 1.54) is 12.1 Å². The Morgan fingerprint density at radius 1 is 1.13 bits per heavy atom. The highest BCUT2D eigenvalue weighted by atomic mass is 32.2. The second-order valence-corrected chi connectivity index (χ2v) is 8.45. The fourth-order valence-electron chi connectivity index (χ4n) is 3.39. The lowest BCUT2D eigenvalue weighted by Crippen LogP contribution is -2.36. The first kappa shape index (κ1) is 19.3. The molecule has 12 heteroatoms.